The minimum atomic E-state index is -0.00620. The van der Waals surface area contributed by atoms with Gasteiger partial charge in [0, 0.05) is 30.7 Å². The molecule has 5 nitrogen and oxygen atoms in total. The second-order valence-corrected chi connectivity index (χ2v) is 9.15. The molecule has 0 aliphatic heterocycles. The first-order chi connectivity index (χ1) is 15.2. The number of aromatic nitrogens is 2. The van der Waals surface area contributed by atoms with E-state index < -0.39 is 0 Å². The maximum atomic E-state index is 12.5. The van der Waals surface area contributed by atoms with Crippen molar-refractivity contribution in [1.29, 1.82) is 0 Å². The lowest BCUT2D eigenvalue weighted by molar-refractivity contribution is -0.120. The number of amides is 1. The van der Waals surface area contributed by atoms with E-state index in [1.165, 1.54) is 54.6 Å². The lowest BCUT2D eigenvalue weighted by Crippen LogP contribution is -2.33. The number of carbonyl (C=O) groups excluding carboxylic acids is 1. The van der Waals surface area contributed by atoms with Crippen LogP contribution in [0.2, 0.25) is 0 Å². The Morgan fingerprint density at radius 2 is 1.87 bits per heavy atom. The van der Waals surface area contributed by atoms with E-state index in [0.29, 0.717) is 12.6 Å². The van der Waals surface area contributed by atoms with Gasteiger partial charge < -0.3 is 5.32 Å². The summed E-state index contributed by atoms with van der Waals surface area (Å²) in [5.74, 6) is -0.00620. The van der Waals surface area contributed by atoms with Crippen LogP contribution in [0.25, 0.3) is 10.7 Å². The molecule has 6 heteroatoms. The summed E-state index contributed by atoms with van der Waals surface area (Å²) in [5.41, 5.74) is 4.11. The molecule has 1 saturated carbocycles. The highest BCUT2D eigenvalue weighted by Crippen LogP contribution is 2.24. The van der Waals surface area contributed by atoms with Crippen LogP contribution in [0.3, 0.4) is 0 Å². The lowest BCUT2D eigenvalue weighted by atomic mass is 9.94. The molecular formula is C25H30N4OS. The van der Waals surface area contributed by atoms with Gasteiger partial charge in [-0.1, -0.05) is 49.6 Å². The van der Waals surface area contributed by atoms with Gasteiger partial charge in [0.25, 0.3) is 0 Å². The van der Waals surface area contributed by atoms with Crippen LogP contribution in [0.4, 0.5) is 0 Å². The van der Waals surface area contributed by atoms with Gasteiger partial charge in [-0.3, -0.25) is 14.7 Å². The first-order valence-electron chi connectivity index (χ1n) is 11.1. The van der Waals surface area contributed by atoms with Crippen LogP contribution in [0.15, 0.2) is 54.0 Å². The fraction of sp³-hybridized carbons (Fsp3) is 0.400. The Bertz CT molecular complexity index is 982. The number of pyridine rings is 1. The van der Waals surface area contributed by atoms with Gasteiger partial charge in [-0.05, 0) is 43.1 Å². The summed E-state index contributed by atoms with van der Waals surface area (Å²) in [6, 6.07) is 14.9. The molecule has 0 saturated heterocycles. The van der Waals surface area contributed by atoms with Gasteiger partial charge >= 0.3 is 0 Å². The monoisotopic (exact) mass is 434 g/mol. The number of carbonyl (C=O) groups is 1. The lowest BCUT2D eigenvalue weighted by Gasteiger charge is -2.31. The molecule has 4 rings (SSSR count). The minimum absolute atomic E-state index is 0.00620. The van der Waals surface area contributed by atoms with Gasteiger partial charge in [-0.25, -0.2) is 4.98 Å². The van der Waals surface area contributed by atoms with E-state index >= 15 is 0 Å². The number of nitrogens with one attached hydrogen (secondary N) is 1. The SMILES string of the molecule is CN(Cc1ccccc1CNC(=O)Cc1csc(-c2ccccn2)n1)C1CCCCC1. The summed E-state index contributed by atoms with van der Waals surface area (Å²) in [5, 5.41) is 5.87. The smallest absolute Gasteiger partial charge is 0.226 e. The third kappa shape index (κ3) is 5.99. The second kappa shape index (κ2) is 10.6. The Kier molecular flexibility index (Phi) is 7.43. The van der Waals surface area contributed by atoms with E-state index in [4.69, 9.17) is 0 Å². The van der Waals surface area contributed by atoms with Crippen LogP contribution >= 0.6 is 11.3 Å². The van der Waals surface area contributed by atoms with Gasteiger partial charge in [0.2, 0.25) is 5.91 Å². The normalized spacial score (nSPS) is 14.6. The maximum absolute atomic E-state index is 12.5. The fourth-order valence-electron chi connectivity index (χ4n) is 4.22. The Labute approximate surface area is 188 Å². The quantitative estimate of drug-likeness (QED) is 0.552. The van der Waals surface area contributed by atoms with Crippen molar-refractivity contribution in [3.05, 3.63) is 70.9 Å². The standard InChI is InChI=1S/C25H30N4OS/c1-29(22-11-3-2-4-12-22)17-20-10-6-5-9-19(20)16-27-24(30)15-21-18-31-25(28-21)23-13-7-8-14-26-23/h5-10,13-14,18,22H,2-4,11-12,15-17H2,1H3,(H,27,30). The summed E-state index contributed by atoms with van der Waals surface area (Å²) < 4.78 is 0. The Morgan fingerprint density at radius 1 is 1.10 bits per heavy atom. The first kappa shape index (κ1) is 21.7. The van der Waals surface area contributed by atoms with Crippen LogP contribution in [0.1, 0.15) is 48.9 Å². The zero-order valence-corrected chi connectivity index (χ0v) is 18.9. The van der Waals surface area contributed by atoms with Crippen molar-refractivity contribution >= 4 is 17.2 Å². The summed E-state index contributed by atoms with van der Waals surface area (Å²) in [6.07, 6.45) is 8.68. The zero-order chi connectivity index (χ0) is 21.5. The van der Waals surface area contributed by atoms with E-state index in [0.717, 1.165) is 22.9 Å². The highest BCUT2D eigenvalue weighted by Gasteiger charge is 2.19. The average Bonchev–Trinajstić information content (AvgIpc) is 3.28. The maximum Gasteiger partial charge on any atom is 0.226 e. The average molecular weight is 435 g/mol. The van der Waals surface area contributed by atoms with Gasteiger partial charge in [-0.15, -0.1) is 11.3 Å². The van der Waals surface area contributed by atoms with E-state index in [2.05, 4.69) is 45.4 Å². The molecule has 1 aliphatic rings. The molecule has 1 N–H and O–H groups in total. The van der Waals surface area contributed by atoms with Crippen molar-refractivity contribution in [3.63, 3.8) is 0 Å². The Hall–Kier alpha value is -2.57. The minimum Gasteiger partial charge on any atom is -0.352 e. The van der Waals surface area contributed by atoms with Crippen molar-refractivity contribution in [3.8, 4) is 10.7 Å². The third-order valence-electron chi connectivity index (χ3n) is 5.99. The molecule has 2 heterocycles. The van der Waals surface area contributed by atoms with Crippen molar-refractivity contribution in [2.24, 2.45) is 0 Å². The largest absolute Gasteiger partial charge is 0.352 e. The number of hydrogen-bond donors (Lipinski definition) is 1. The molecule has 1 aliphatic carbocycles. The molecule has 2 aromatic heterocycles. The van der Waals surface area contributed by atoms with Gasteiger partial charge in [0.15, 0.2) is 0 Å². The van der Waals surface area contributed by atoms with Crippen LogP contribution in [-0.4, -0.2) is 33.9 Å². The van der Waals surface area contributed by atoms with Gasteiger partial charge in [0.1, 0.15) is 5.01 Å². The molecule has 1 fully saturated rings. The number of rotatable bonds is 8. The van der Waals surface area contributed by atoms with Crippen LogP contribution < -0.4 is 5.32 Å². The van der Waals surface area contributed by atoms with E-state index in [1.54, 1.807) is 6.20 Å². The summed E-state index contributed by atoms with van der Waals surface area (Å²) in [4.78, 5) is 23.9. The van der Waals surface area contributed by atoms with Crippen LogP contribution in [0.5, 0.6) is 0 Å². The third-order valence-corrected chi connectivity index (χ3v) is 6.90. The van der Waals surface area contributed by atoms with Crippen molar-refractivity contribution < 1.29 is 4.79 Å². The molecule has 1 aromatic carbocycles. The number of thiazole rings is 1. The van der Waals surface area contributed by atoms with Crippen LogP contribution in [0, 0.1) is 0 Å². The predicted molar refractivity (Wildman–Crippen MR) is 126 cm³/mol. The van der Waals surface area contributed by atoms with Crippen molar-refractivity contribution in [2.75, 3.05) is 7.05 Å². The van der Waals surface area contributed by atoms with Crippen molar-refractivity contribution in [2.45, 2.75) is 57.7 Å². The molecular weight excluding hydrogens is 404 g/mol. The number of benzene rings is 1. The second-order valence-electron chi connectivity index (χ2n) is 8.29. The molecule has 1 amide bonds. The number of nitrogens with zero attached hydrogens (tertiary/aromatic N) is 3. The first-order valence-corrected chi connectivity index (χ1v) is 12.0. The molecule has 0 radical (unpaired) electrons. The summed E-state index contributed by atoms with van der Waals surface area (Å²) in [7, 11) is 2.23. The number of hydrogen-bond acceptors (Lipinski definition) is 5. The predicted octanol–water partition coefficient (Wildman–Crippen LogP) is 4.83. The van der Waals surface area contributed by atoms with E-state index in [-0.39, 0.29) is 12.3 Å². The molecule has 0 unspecified atom stereocenters. The summed E-state index contributed by atoms with van der Waals surface area (Å²) in [6.45, 7) is 1.47. The highest BCUT2D eigenvalue weighted by atomic mass is 32.1. The highest BCUT2D eigenvalue weighted by molar-refractivity contribution is 7.13. The van der Waals surface area contributed by atoms with E-state index in [1.807, 2.05) is 29.6 Å². The zero-order valence-electron chi connectivity index (χ0n) is 18.1. The van der Waals surface area contributed by atoms with Gasteiger partial charge in [-0.2, -0.15) is 0 Å². The van der Waals surface area contributed by atoms with Crippen LogP contribution in [-0.2, 0) is 24.3 Å². The Balaban J connectivity index is 1.32. The molecule has 0 bridgehead atoms. The molecule has 162 valence electrons. The molecule has 0 spiro atoms. The fourth-order valence-corrected chi connectivity index (χ4v) is 5.01. The van der Waals surface area contributed by atoms with Gasteiger partial charge in [0.05, 0.1) is 17.8 Å². The molecule has 31 heavy (non-hydrogen) atoms. The Morgan fingerprint density at radius 3 is 2.65 bits per heavy atom. The van der Waals surface area contributed by atoms with Crippen molar-refractivity contribution in [1.82, 2.24) is 20.2 Å². The summed E-state index contributed by atoms with van der Waals surface area (Å²) >= 11 is 1.52. The van der Waals surface area contributed by atoms with E-state index in [9.17, 15) is 4.79 Å². The topological polar surface area (TPSA) is 58.1 Å². The molecule has 0 atom stereocenters. The molecule has 3 aromatic rings.